The van der Waals surface area contributed by atoms with Gasteiger partial charge >= 0.3 is 6.18 Å². The van der Waals surface area contributed by atoms with Gasteiger partial charge in [-0.25, -0.2) is 9.97 Å². The monoisotopic (exact) mass is 312 g/mol. The standard InChI is InChI=1S/C13H7F3N2S2/c14-13(15,16)11-7-8(9-3-1-5-19-9)17-12(18-11)10-4-2-6-20-10/h1-7H. The van der Waals surface area contributed by atoms with Crippen molar-refractivity contribution >= 4 is 22.7 Å². The van der Waals surface area contributed by atoms with E-state index in [0.717, 1.165) is 6.07 Å². The molecule has 3 heterocycles. The summed E-state index contributed by atoms with van der Waals surface area (Å²) in [6.07, 6.45) is -4.49. The highest BCUT2D eigenvalue weighted by molar-refractivity contribution is 7.13. The van der Waals surface area contributed by atoms with E-state index in [0.29, 0.717) is 15.4 Å². The summed E-state index contributed by atoms with van der Waals surface area (Å²) in [6.45, 7) is 0. The van der Waals surface area contributed by atoms with E-state index in [-0.39, 0.29) is 5.82 Å². The molecule has 102 valence electrons. The number of hydrogen-bond donors (Lipinski definition) is 0. The highest BCUT2D eigenvalue weighted by atomic mass is 32.1. The molecule has 0 amide bonds. The first-order valence-corrected chi connectivity index (χ1v) is 7.34. The van der Waals surface area contributed by atoms with Gasteiger partial charge < -0.3 is 0 Å². The summed E-state index contributed by atoms with van der Waals surface area (Å²) in [5.74, 6) is 0.109. The van der Waals surface area contributed by atoms with Crippen molar-refractivity contribution in [2.24, 2.45) is 0 Å². The smallest absolute Gasteiger partial charge is 0.226 e. The maximum atomic E-state index is 12.9. The summed E-state index contributed by atoms with van der Waals surface area (Å²) in [4.78, 5) is 9.19. The van der Waals surface area contributed by atoms with E-state index < -0.39 is 11.9 Å². The Morgan fingerprint density at radius 2 is 1.55 bits per heavy atom. The SMILES string of the molecule is FC(F)(F)c1cc(-c2cccs2)nc(-c2cccs2)n1. The van der Waals surface area contributed by atoms with Gasteiger partial charge in [0.2, 0.25) is 0 Å². The fourth-order valence-electron chi connectivity index (χ4n) is 1.66. The van der Waals surface area contributed by atoms with Crippen LogP contribution in [0.1, 0.15) is 5.69 Å². The van der Waals surface area contributed by atoms with Crippen LogP contribution < -0.4 is 0 Å². The average Bonchev–Trinajstić information content (AvgIpc) is 3.10. The van der Waals surface area contributed by atoms with E-state index >= 15 is 0 Å². The highest BCUT2D eigenvalue weighted by Crippen LogP contribution is 2.34. The van der Waals surface area contributed by atoms with Crippen molar-refractivity contribution in [3.8, 4) is 21.3 Å². The van der Waals surface area contributed by atoms with Crippen LogP contribution in [0.4, 0.5) is 13.2 Å². The van der Waals surface area contributed by atoms with Crippen molar-refractivity contribution in [2.75, 3.05) is 0 Å². The average molecular weight is 312 g/mol. The van der Waals surface area contributed by atoms with Gasteiger partial charge in [0.15, 0.2) is 5.82 Å². The van der Waals surface area contributed by atoms with Gasteiger partial charge in [-0.15, -0.1) is 22.7 Å². The molecule has 0 aliphatic rings. The Bertz CT molecular complexity index is 651. The largest absolute Gasteiger partial charge is 0.433 e. The number of hydrogen-bond acceptors (Lipinski definition) is 4. The normalized spacial score (nSPS) is 11.8. The summed E-state index contributed by atoms with van der Waals surface area (Å²) in [5, 5.41) is 3.58. The lowest BCUT2D eigenvalue weighted by Gasteiger charge is -2.09. The summed E-state index contributed by atoms with van der Waals surface area (Å²) >= 11 is 2.66. The van der Waals surface area contributed by atoms with Crippen LogP contribution in [0.15, 0.2) is 41.1 Å². The van der Waals surface area contributed by atoms with Crippen LogP contribution >= 0.6 is 22.7 Å². The van der Waals surface area contributed by atoms with Crippen molar-refractivity contribution in [3.63, 3.8) is 0 Å². The molecule has 0 unspecified atom stereocenters. The molecule has 2 nitrogen and oxygen atoms in total. The lowest BCUT2D eigenvalue weighted by molar-refractivity contribution is -0.141. The van der Waals surface area contributed by atoms with Crippen molar-refractivity contribution in [1.82, 2.24) is 9.97 Å². The third-order valence-corrected chi connectivity index (χ3v) is 4.29. The fraction of sp³-hybridized carbons (Fsp3) is 0.0769. The van der Waals surface area contributed by atoms with E-state index in [2.05, 4.69) is 9.97 Å². The minimum Gasteiger partial charge on any atom is -0.226 e. The van der Waals surface area contributed by atoms with Crippen LogP contribution in [0.5, 0.6) is 0 Å². The van der Waals surface area contributed by atoms with E-state index in [1.807, 2.05) is 0 Å². The Kier molecular flexibility index (Phi) is 3.31. The molecule has 0 saturated carbocycles. The van der Waals surface area contributed by atoms with Gasteiger partial charge in [-0.2, -0.15) is 13.2 Å². The molecule has 3 rings (SSSR count). The number of nitrogens with zero attached hydrogens (tertiary/aromatic N) is 2. The molecule has 0 fully saturated rings. The van der Waals surface area contributed by atoms with Gasteiger partial charge in [0.1, 0.15) is 5.69 Å². The summed E-state index contributed by atoms with van der Waals surface area (Å²) < 4.78 is 38.8. The van der Waals surface area contributed by atoms with Gasteiger partial charge in [0, 0.05) is 0 Å². The second-order valence-electron chi connectivity index (χ2n) is 3.91. The predicted octanol–water partition coefficient (Wildman–Crippen LogP) is 4.95. The van der Waals surface area contributed by atoms with E-state index in [4.69, 9.17) is 0 Å². The predicted molar refractivity (Wildman–Crippen MR) is 73.7 cm³/mol. The van der Waals surface area contributed by atoms with Crippen molar-refractivity contribution in [3.05, 3.63) is 46.8 Å². The molecule has 20 heavy (non-hydrogen) atoms. The third kappa shape index (κ3) is 2.59. The molecule has 0 bridgehead atoms. The molecule has 0 atom stereocenters. The first kappa shape index (κ1) is 13.3. The molecule has 3 aromatic heterocycles. The van der Waals surface area contributed by atoms with Crippen LogP contribution in [0, 0.1) is 0 Å². The Balaban J connectivity index is 2.19. The number of thiophene rings is 2. The molecule has 0 radical (unpaired) electrons. The number of halogens is 3. The van der Waals surface area contributed by atoms with Crippen LogP contribution in [0.3, 0.4) is 0 Å². The maximum absolute atomic E-state index is 12.9. The fourth-order valence-corrected chi connectivity index (χ4v) is 3.00. The molecule has 0 aliphatic heterocycles. The van der Waals surface area contributed by atoms with Gasteiger partial charge in [0.05, 0.1) is 15.4 Å². The van der Waals surface area contributed by atoms with Crippen LogP contribution in [-0.2, 0) is 6.18 Å². The summed E-state index contributed by atoms with van der Waals surface area (Å²) in [6, 6.07) is 7.97. The second kappa shape index (κ2) is 4.99. The maximum Gasteiger partial charge on any atom is 0.433 e. The molecule has 0 saturated heterocycles. The minimum atomic E-state index is -4.49. The Hall–Kier alpha value is -1.73. The zero-order valence-corrected chi connectivity index (χ0v) is 11.5. The molecule has 7 heteroatoms. The molecule has 3 aromatic rings. The highest BCUT2D eigenvalue weighted by Gasteiger charge is 2.34. The summed E-state index contributed by atoms with van der Waals surface area (Å²) in [5.41, 5.74) is -0.620. The topological polar surface area (TPSA) is 25.8 Å². The molecule has 0 N–H and O–H groups in total. The van der Waals surface area contributed by atoms with Gasteiger partial charge in [-0.05, 0) is 29.0 Å². The second-order valence-corrected chi connectivity index (χ2v) is 5.81. The first-order valence-electron chi connectivity index (χ1n) is 5.58. The molecule has 0 aromatic carbocycles. The molecule has 0 aliphatic carbocycles. The lowest BCUT2D eigenvalue weighted by atomic mass is 10.2. The molecular formula is C13H7F3N2S2. The summed E-state index contributed by atoms with van der Waals surface area (Å²) in [7, 11) is 0. The van der Waals surface area contributed by atoms with E-state index in [1.165, 1.54) is 22.7 Å². The zero-order valence-electron chi connectivity index (χ0n) is 9.89. The van der Waals surface area contributed by atoms with Crippen molar-refractivity contribution < 1.29 is 13.2 Å². The van der Waals surface area contributed by atoms with E-state index in [9.17, 15) is 13.2 Å². The molecule has 0 spiro atoms. The Labute approximate surface area is 120 Å². The zero-order chi connectivity index (χ0) is 14.2. The minimum absolute atomic E-state index is 0.109. The number of rotatable bonds is 2. The van der Waals surface area contributed by atoms with Crippen LogP contribution in [0.25, 0.3) is 21.3 Å². The van der Waals surface area contributed by atoms with E-state index in [1.54, 1.807) is 35.0 Å². The van der Waals surface area contributed by atoms with Gasteiger partial charge in [-0.3, -0.25) is 0 Å². The number of aromatic nitrogens is 2. The lowest BCUT2D eigenvalue weighted by Crippen LogP contribution is -2.09. The van der Waals surface area contributed by atoms with Crippen molar-refractivity contribution in [1.29, 1.82) is 0 Å². The quantitative estimate of drug-likeness (QED) is 0.669. The van der Waals surface area contributed by atoms with Crippen LogP contribution in [-0.4, -0.2) is 9.97 Å². The molecular weight excluding hydrogens is 305 g/mol. The van der Waals surface area contributed by atoms with Crippen LogP contribution in [0.2, 0.25) is 0 Å². The first-order chi connectivity index (χ1) is 9.54. The van der Waals surface area contributed by atoms with Gasteiger partial charge in [-0.1, -0.05) is 12.1 Å². The van der Waals surface area contributed by atoms with Crippen molar-refractivity contribution in [2.45, 2.75) is 6.18 Å². The third-order valence-electron chi connectivity index (χ3n) is 2.53. The Morgan fingerprint density at radius 1 is 0.900 bits per heavy atom. The number of alkyl halides is 3. The Morgan fingerprint density at radius 3 is 2.10 bits per heavy atom. The van der Waals surface area contributed by atoms with Gasteiger partial charge in [0.25, 0.3) is 0 Å².